The van der Waals surface area contributed by atoms with E-state index in [1.165, 1.54) is 25.0 Å². The van der Waals surface area contributed by atoms with Crippen molar-refractivity contribution in [2.75, 3.05) is 51.8 Å². The van der Waals surface area contributed by atoms with E-state index < -0.39 is 11.7 Å². The Morgan fingerprint density at radius 3 is 2.64 bits per heavy atom. The fourth-order valence-corrected chi connectivity index (χ4v) is 4.70. The van der Waals surface area contributed by atoms with Crippen LogP contribution in [-0.4, -0.2) is 69.3 Å². The average Bonchev–Trinajstić information content (AvgIpc) is 3.23. The number of hydrogen-bond acceptors (Lipinski definition) is 6. The molecule has 0 saturated carbocycles. The van der Waals surface area contributed by atoms with Crippen LogP contribution < -0.4 is 16.1 Å². The Labute approximate surface area is 268 Å². The molecule has 0 aliphatic heterocycles. The predicted molar refractivity (Wildman–Crippen MR) is 182 cm³/mol. The molecule has 2 aromatic carbocycles. The number of rotatable bonds is 18. The van der Waals surface area contributed by atoms with Gasteiger partial charge in [0.2, 0.25) is 0 Å². The first-order valence-electron chi connectivity index (χ1n) is 15.7. The van der Waals surface area contributed by atoms with Crippen molar-refractivity contribution in [2.45, 2.75) is 58.7 Å². The molecule has 0 aromatic heterocycles. The number of anilines is 1. The van der Waals surface area contributed by atoms with Gasteiger partial charge < -0.3 is 20.2 Å². The van der Waals surface area contributed by atoms with Crippen LogP contribution in [0.4, 0.5) is 14.9 Å². The number of halogens is 1. The monoisotopic (exact) mass is 619 g/mol. The molecular weight excluding hydrogens is 569 g/mol. The van der Waals surface area contributed by atoms with Crippen molar-refractivity contribution in [1.82, 2.24) is 15.7 Å². The van der Waals surface area contributed by atoms with Gasteiger partial charge in [0.05, 0.1) is 25.5 Å². The molecule has 45 heavy (non-hydrogen) atoms. The fraction of sp³-hybridized carbons (Fsp3) is 0.444. The van der Waals surface area contributed by atoms with E-state index in [1.807, 2.05) is 36.5 Å². The van der Waals surface area contributed by atoms with Gasteiger partial charge in [0, 0.05) is 51.1 Å². The minimum Gasteiger partial charge on any atom is -0.383 e. The van der Waals surface area contributed by atoms with Crippen LogP contribution in [0.1, 0.15) is 57.6 Å². The van der Waals surface area contributed by atoms with Crippen LogP contribution in [0.25, 0.3) is 0 Å². The summed E-state index contributed by atoms with van der Waals surface area (Å²) in [4.78, 5) is 25.3. The maximum Gasteiger partial charge on any atom is 0.319 e. The molecule has 1 atom stereocenters. The number of methoxy groups -OCH3 is 1. The van der Waals surface area contributed by atoms with Crippen molar-refractivity contribution >= 4 is 17.9 Å². The number of allylic oxidation sites excluding steroid dienone is 3. The van der Waals surface area contributed by atoms with Gasteiger partial charge in [-0.1, -0.05) is 68.5 Å². The van der Waals surface area contributed by atoms with Crippen LogP contribution in [0.5, 0.6) is 0 Å². The molecule has 0 bridgehead atoms. The summed E-state index contributed by atoms with van der Waals surface area (Å²) in [6.45, 7) is 11.3. The Bertz CT molecular complexity index is 1320. The number of benzene rings is 2. The van der Waals surface area contributed by atoms with Crippen LogP contribution in [-0.2, 0) is 16.1 Å². The van der Waals surface area contributed by atoms with E-state index in [2.05, 4.69) is 77.4 Å². The molecule has 3 rings (SSSR count). The molecule has 8 nitrogen and oxygen atoms in total. The molecule has 1 aliphatic carbocycles. The lowest BCUT2D eigenvalue weighted by atomic mass is 10.0. The second kappa shape index (κ2) is 19.0. The smallest absolute Gasteiger partial charge is 0.319 e. The summed E-state index contributed by atoms with van der Waals surface area (Å²) in [6, 6.07) is 17.6. The molecule has 9 heteroatoms. The van der Waals surface area contributed by atoms with E-state index in [4.69, 9.17) is 14.6 Å². The topological polar surface area (TPSA) is 87.2 Å². The third-order valence-corrected chi connectivity index (χ3v) is 7.33. The maximum atomic E-state index is 13.7. The summed E-state index contributed by atoms with van der Waals surface area (Å²) in [7, 11) is 1.72. The highest BCUT2D eigenvalue weighted by Crippen LogP contribution is 2.24. The number of nitrogens with one attached hydrogen (secondary N) is 3. The largest absolute Gasteiger partial charge is 0.383 e. The highest BCUT2D eigenvalue weighted by molar-refractivity contribution is 5.89. The number of alkyl halides is 1. The highest BCUT2D eigenvalue weighted by Gasteiger charge is 2.16. The van der Waals surface area contributed by atoms with Crippen molar-refractivity contribution in [3.8, 4) is 0 Å². The van der Waals surface area contributed by atoms with Crippen molar-refractivity contribution in [2.24, 2.45) is 4.99 Å². The Balaban J connectivity index is 1.55. The first-order valence-corrected chi connectivity index (χ1v) is 15.7. The summed E-state index contributed by atoms with van der Waals surface area (Å²) < 4.78 is 19.0. The van der Waals surface area contributed by atoms with E-state index in [-0.39, 0.29) is 12.5 Å². The fourth-order valence-electron chi connectivity index (χ4n) is 4.70. The molecule has 0 fully saturated rings. The Morgan fingerprint density at radius 2 is 1.91 bits per heavy atom. The number of nitrogens with zero attached hydrogens (tertiary/aromatic N) is 2. The Morgan fingerprint density at radius 1 is 1.13 bits per heavy atom. The second-order valence-corrected chi connectivity index (χ2v) is 11.8. The van der Waals surface area contributed by atoms with Crippen molar-refractivity contribution in [1.29, 1.82) is 0 Å². The first kappa shape index (κ1) is 35.8. The number of urea groups is 1. The standard InChI is InChI=1S/C36H50FN5O3/c1-6-31-15-10-14-30(25-40-45-21-19-42(18-20-44-5)26-29-12-8-7-9-13-29)22-34(31)38-24-28(2)32-16-11-17-33(23-32)41-35(43)39-27-36(3,4)37/h7-14,16-17,22-24,28,40H,6,15,18-21,25-27H2,1-5H3,(H2,39,41,43). The SMILES string of the molecule is CCC1=C(N=CC(C)c2cccc(NC(=O)NCC(C)(C)F)c2)C=C(CNOCCN(CCOC)Cc2ccccc2)C=CC1. The molecule has 244 valence electrons. The molecule has 2 aromatic rings. The molecule has 0 radical (unpaired) electrons. The van der Waals surface area contributed by atoms with E-state index in [0.717, 1.165) is 49.3 Å². The Hall–Kier alpha value is -3.63. The quantitative estimate of drug-likeness (QED) is 0.0955. The normalized spacial score (nSPS) is 14.5. The minimum atomic E-state index is -1.48. The van der Waals surface area contributed by atoms with Crippen LogP contribution in [0.2, 0.25) is 0 Å². The van der Waals surface area contributed by atoms with Crippen LogP contribution >= 0.6 is 0 Å². The summed E-state index contributed by atoms with van der Waals surface area (Å²) in [5, 5.41) is 5.35. The van der Waals surface area contributed by atoms with Crippen LogP contribution in [0, 0.1) is 0 Å². The van der Waals surface area contributed by atoms with Gasteiger partial charge in [0.1, 0.15) is 5.67 Å². The zero-order valence-electron chi connectivity index (χ0n) is 27.4. The lowest BCUT2D eigenvalue weighted by Gasteiger charge is -2.22. The molecule has 3 N–H and O–H groups in total. The molecule has 2 amide bonds. The molecular formula is C36H50FN5O3. The van der Waals surface area contributed by atoms with E-state index in [1.54, 1.807) is 7.11 Å². The predicted octanol–water partition coefficient (Wildman–Crippen LogP) is 6.95. The van der Waals surface area contributed by atoms with Gasteiger partial charge in [-0.15, -0.1) is 0 Å². The number of carbonyl (C=O) groups excluding carboxylic acids is 1. The molecule has 1 unspecified atom stereocenters. The second-order valence-electron chi connectivity index (χ2n) is 11.8. The number of carbonyl (C=O) groups is 1. The average molecular weight is 620 g/mol. The van der Waals surface area contributed by atoms with Crippen LogP contribution in [0.15, 0.2) is 94.7 Å². The molecule has 0 spiro atoms. The van der Waals surface area contributed by atoms with Crippen molar-refractivity contribution in [3.05, 3.63) is 101 Å². The maximum absolute atomic E-state index is 13.7. The number of amides is 2. The van der Waals surface area contributed by atoms with E-state index in [0.29, 0.717) is 25.4 Å². The molecule has 1 aliphatic rings. The number of hydroxylamine groups is 1. The zero-order valence-corrected chi connectivity index (χ0v) is 27.4. The van der Waals surface area contributed by atoms with Gasteiger partial charge in [-0.3, -0.25) is 9.89 Å². The molecule has 0 heterocycles. The highest BCUT2D eigenvalue weighted by atomic mass is 19.1. The minimum absolute atomic E-state index is 0.0108. The van der Waals surface area contributed by atoms with Crippen molar-refractivity contribution in [3.63, 3.8) is 0 Å². The van der Waals surface area contributed by atoms with Gasteiger partial charge in [-0.2, -0.15) is 5.48 Å². The number of hydrogen-bond donors (Lipinski definition) is 3. The van der Waals surface area contributed by atoms with Gasteiger partial charge in [0.15, 0.2) is 0 Å². The summed E-state index contributed by atoms with van der Waals surface area (Å²) >= 11 is 0. The summed E-state index contributed by atoms with van der Waals surface area (Å²) in [6.07, 6.45) is 10.1. The number of aliphatic imine (C=N–C) groups is 1. The van der Waals surface area contributed by atoms with Gasteiger partial charge in [-0.05, 0) is 67.2 Å². The third-order valence-electron chi connectivity index (χ3n) is 7.33. The Kier molecular flexibility index (Phi) is 15.1. The van der Waals surface area contributed by atoms with E-state index in [9.17, 15) is 9.18 Å². The van der Waals surface area contributed by atoms with Gasteiger partial charge in [0.25, 0.3) is 0 Å². The zero-order chi connectivity index (χ0) is 32.5. The van der Waals surface area contributed by atoms with Crippen LogP contribution in [0.3, 0.4) is 0 Å². The lowest BCUT2D eigenvalue weighted by Crippen LogP contribution is -2.37. The summed E-state index contributed by atoms with van der Waals surface area (Å²) in [5.74, 6) is 0.0108. The third kappa shape index (κ3) is 13.9. The van der Waals surface area contributed by atoms with E-state index >= 15 is 0 Å². The van der Waals surface area contributed by atoms with Gasteiger partial charge >= 0.3 is 6.03 Å². The molecule has 0 saturated heterocycles. The van der Waals surface area contributed by atoms with Gasteiger partial charge in [-0.25, -0.2) is 9.18 Å². The lowest BCUT2D eigenvalue weighted by molar-refractivity contribution is 0.0258. The van der Waals surface area contributed by atoms with Crippen molar-refractivity contribution < 1.29 is 18.8 Å². The number of ether oxygens (including phenoxy) is 1. The first-order chi connectivity index (χ1) is 21.7. The summed E-state index contributed by atoms with van der Waals surface area (Å²) in [5.41, 5.74) is 7.89.